The van der Waals surface area contributed by atoms with Crippen LogP contribution >= 0.6 is 22.6 Å². The zero-order chi connectivity index (χ0) is 22.9. The van der Waals surface area contributed by atoms with Crippen LogP contribution in [0.4, 0.5) is 29.3 Å². The summed E-state index contributed by atoms with van der Waals surface area (Å²) in [7, 11) is 1.36. The lowest BCUT2D eigenvalue weighted by Gasteiger charge is -2.48. The van der Waals surface area contributed by atoms with Crippen molar-refractivity contribution in [1.29, 1.82) is 0 Å². The molecule has 1 aliphatic rings. The van der Waals surface area contributed by atoms with Crippen molar-refractivity contribution in [2.75, 3.05) is 25.5 Å². The topological polar surface area (TPSA) is 90.9 Å². The van der Waals surface area contributed by atoms with Gasteiger partial charge in [-0.15, -0.1) is 0 Å². The summed E-state index contributed by atoms with van der Waals surface area (Å²) in [5.74, 6) is -3.95. The van der Waals surface area contributed by atoms with E-state index in [1.165, 1.54) is 31.0 Å². The fourth-order valence-electron chi connectivity index (χ4n) is 3.09. The van der Waals surface area contributed by atoms with Gasteiger partial charge in [0.2, 0.25) is 0 Å². The molecule has 166 valence electrons. The van der Waals surface area contributed by atoms with E-state index in [1.807, 2.05) is 22.6 Å². The molecule has 3 rings (SSSR count). The van der Waals surface area contributed by atoms with Crippen LogP contribution in [-0.4, -0.2) is 53.8 Å². The number of aliphatic hydroxyl groups is 1. The van der Waals surface area contributed by atoms with Crippen molar-refractivity contribution in [2.24, 2.45) is 0 Å². The van der Waals surface area contributed by atoms with Crippen LogP contribution in [0.2, 0.25) is 0 Å². The highest BCUT2D eigenvalue weighted by Crippen LogP contribution is 2.33. The van der Waals surface area contributed by atoms with E-state index in [2.05, 4.69) is 10.6 Å². The van der Waals surface area contributed by atoms with E-state index in [4.69, 9.17) is 4.74 Å². The molecular weight excluding hydrogens is 530 g/mol. The van der Waals surface area contributed by atoms with Gasteiger partial charge in [0.05, 0.1) is 30.0 Å². The summed E-state index contributed by atoms with van der Waals surface area (Å²) in [6, 6.07) is 5.98. The Morgan fingerprint density at radius 3 is 2.48 bits per heavy atom. The van der Waals surface area contributed by atoms with Gasteiger partial charge in [0, 0.05) is 10.6 Å². The number of β-amino-alcohol motifs (C(OH)–C–C–N with tert-alkyl or cyclic N) is 1. The van der Waals surface area contributed by atoms with Crippen molar-refractivity contribution in [2.45, 2.75) is 18.6 Å². The second kappa shape index (κ2) is 8.91. The Kier molecular flexibility index (Phi) is 6.65. The first-order valence-corrected chi connectivity index (χ1v) is 10.2. The number of halogens is 4. The average Bonchev–Trinajstić information content (AvgIpc) is 2.70. The van der Waals surface area contributed by atoms with Crippen molar-refractivity contribution >= 4 is 46.0 Å². The Balaban J connectivity index is 1.83. The highest BCUT2D eigenvalue weighted by atomic mass is 127. The number of carbonyl (C=O) groups is 2. The zero-order valence-electron chi connectivity index (χ0n) is 16.5. The lowest BCUT2D eigenvalue weighted by molar-refractivity contribution is -0.145. The van der Waals surface area contributed by atoms with Crippen LogP contribution in [0.1, 0.15) is 17.3 Å². The fraction of sp³-hybridized carbons (Fsp3) is 0.300. The van der Waals surface area contributed by atoms with E-state index >= 15 is 0 Å². The molecule has 0 bridgehead atoms. The van der Waals surface area contributed by atoms with E-state index in [9.17, 15) is 27.9 Å². The van der Waals surface area contributed by atoms with Crippen molar-refractivity contribution in [3.8, 4) is 0 Å². The Hall–Kier alpha value is -2.54. The summed E-state index contributed by atoms with van der Waals surface area (Å²) >= 11 is 1.90. The van der Waals surface area contributed by atoms with Crippen molar-refractivity contribution in [3.63, 3.8) is 0 Å². The molecule has 1 fully saturated rings. The first kappa shape index (κ1) is 23.1. The maximum absolute atomic E-state index is 14.5. The SMILES string of the molecule is CNC(=O)OC(C)C1(O)CN(C(=O)c2ccc(F)c(F)c2Nc2ccc(I)cc2F)C1. The number of ether oxygens (including phenoxy) is 1. The molecule has 0 spiro atoms. The molecule has 1 unspecified atom stereocenters. The van der Waals surface area contributed by atoms with E-state index in [-0.39, 0.29) is 24.3 Å². The maximum atomic E-state index is 14.5. The van der Waals surface area contributed by atoms with Crippen LogP contribution in [0.15, 0.2) is 30.3 Å². The van der Waals surface area contributed by atoms with Gasteiger partial charge in [-0.1, -0.05) is 0 Å². The molecular formula is C20H19F3IN3O4. The minimum absolute atomic E-state index is 0.133. The lowest BCUT2D eigenvalue weighted by atomic mass is 9.88. The number of alkyl carbamates (subject to hydrolysis) is 1. The lowest BCUT2D eigenvalue weighted by Crippen LogP contribution is -2.69. The molecule has 0 radical (unpaired) electrons. The zero-order valence-corrected chi connectivity index (χ0v) is 18.7. The molecule has 11 heteroatoms. The molecule has 1 heterocycles. The Morgan fingerprint density at radius 2 is 1.87 bits per heavy atom. The number of rotatable bonds is 5. The fourth-order valence-corrected chi connectivity index (χ4v) is 3.54. The third-order valence-electron chi connectivity index (χ3n) is 4.98. The summed E-state index contributed by atoms with van der Waals surface area (Å²) in [6.07, 6.45) is -1.66. The number of nitrogens with one attached hydrogen (secondary N) is 2. The van der Waals surface area contributed by atoms with E-state index in [0.717, 1.165) is 12.1 Å². The molecule has 1 atom stereocenters. The number of nitrogens with zero attached hydrogens (tertiary/aromatic N) is 1. The molecule has 2 aromatic rings. The molecule has 7 nitrogen and oxygen atoms in total. The van der Waals surface area contributed by atoms with Crippen LogP contribution in [0, 0.1) is 21.0 Å². The Bertz CT molecular complexity index is 1030. The van der Waals surface area contributed by atoms with E-state index < -0.39 is 46.8 Å². The normalized spacial score (nSPS) is 15.6. The number of likely N-dealkylation sites (tertiary alicyclic amines) is 1. The van der Waals surface area contributed by atoms with Gasteiger partial charge in [-0.2, -0.15) is 0 Å². The number of benzene rings is 2. The van der Waals surface area contributed by atoms with Gasteiger partial charge in [-0.3, -0.25) is 4.79 Å². The number of hydrogen-bond donors (Lipinski definition) is 3. The van der Waals surface area contributed by atoms with Crippen LogP contribution in [0.5, 0.6) is 0 Å². The third kappa shape index (κ3) is 4.71. The van der Waals surface area contributed by atoms with Gasteiger partial charge in [0.25, 0.3) is 5.91 Å². The van der Waals surface area contributed by atoms with Gasteiger partial charge < -0.3 is 25.4 Å². The van der Waals surface area contributed by atoms with Gasteiger partial charge >= 0.3 is 6.09 Å². The van der Waals surface area contributed by atoms with Gasteiger partial charge in [-0.05, 0) is 59.8 Å². The molecule has 0 aromatic heterocycles. The second-order valence-electron chi connectivity index (χ2n) is 7.10. The van der Waals surface area contributed by atoms with Crippen LogP contribution < -0.4 is 10.6 Å². The average molecular weight is 549 g/mol. The quantitative estimate of drug-likeness (QED) is 0.498. The van der Waals surface area contributed by atoms with Crippen LogP contribution in [0.25, 0.3) is 0 Å². The second-order valence-corrected chi connectivity index (χ2v) is 8.34. The van der Waals surface area contributed by atoms with Gasteiger partial charge in [0.1, 0.15) is 17.5 Å². The predicted octanol–water partition coefficient (Wildman–Crippen LogP) is 3.38. The molecule has 2 amide bonds. The van der Waals surface area contributed by atoms with Crippen LogP contribution in [0.3, 0.4) is 0 Å². The number of anilines is 2. The molecule has 1 aliphatic heterocycles. The van der Waals surface area contributed by atoms with Crippen LogP contribution in [-0.2, 0) is 4.74 Å². The molecule has 0 saturated carbocycles. The summed E-state index contributed by atoms with van der Waals surface area (Å²) in [5.41, 5.74) is -2.38. The third-order valence-corrected chi connectivity index (χ3v) is 5.65. The van der Waals surface area contributed by atoms with Gasteiger partial charge in [0.15, 0.2) is 11.6 Å². The predicted molar refractivity (Wildman–Crippen MR) is 115 cm³/mol. The monoisotopic (exact) mass is 549 g/mol. The summed E-state index contributed by atoms with van der Waals surface area (Å²) < 4.78 is 48.2. The largest absolute Gasteiger partial charge is 0.443 e. The van der Waals surface area contributed by atoms with Crippen molar-refractivity contribution < 1.29 is 32.6 Å². The first-order chi connectivity index (χ1) is 14.6. The standard InChI is InChI=1S/C20H19F3IN3O4/c1-10(31-19(29)25-2)20(30)8-27(9-20)18(28)12-4-5-13(21)16(23)17(12)26-15-6-3-11(24)7-14(15)22/h3-7,10,26,30H,8-9H2,1-2H3,(H,25,29). The minimum atomic E-state index is -1.49. The molecule has 3 N–H and O–H groups in total. The maximum Gasteiger partial charge on any atom is 0.407 e. The number of hydrogen-bond acceptors (Lipinski definition) is 5. The van der Waals surface area contributed by atoms with E-state index in [1.54, 1.807) is 6.07 Å². The molecule has 1 saturated heterocycles. The molecule has 2 aromatic carbocycles. The summed E-state index contributed by atoms with van der Waals surface area (Å²) in [6.45, 7) is 1.09. The smallest absolute Gasteiger partial charge is 0.407 e. The van der Waals surface area contributed by atoms with Crippen molar-refractivity contribution in [3.05, 3.63) is 56.9 Å². The Labute approximate surface area is 189 Å². The Morgan fingerprint density at radius 1 is 1.19 bits per heavy atom. The highest BCUT2D eigenvalue weighted by Gasteiger charge is 2.50. The summed E-state index contributed by atoms with van der Waals surface area (Å²) in [5, 5.41) is 15.3. The van der Waals surface area contributed by atoms with E-state index in [0.29, 0.717) is 3.57 Å². The molecule has 31 heavy (non-hydrogen) atoms. The minimum Gasteiger partial charge on any atom is -0.443 e. The van der Waals surface area contributed by atoms with Gasteiger partial charge in [-0.25, -0.2) is 18.0 Å². The highest BCUT2D eigenvalue weighted by molar-refractivity contribution is 14.1. The number of carbonyl (C=O) groups excluding carboxylic acids is 2. The summed E-state index contributed by atoms with van der Waals surface area (Å²) in [4.78, 5) is 25.4. The van der Waals surface area contributed by atoms with Crippen molar-refractivity contribution in [1.82, 2.24) is 10.2 Å². The first-order valence-electron chi connectivity index (χ1n) is 9.16. The number of amides is 2. The molecule has 0 aliphatic carbocycles.